The van der Waals surface area contributed by atoms with Crippen molar-refractivity contribution in [1.82, 2.24) is 0 Å². The summed E-state index contributed by atoms with van der Waals surface area (Å²) in [5.74, 6) is 0. The van der Waals surface area contributed by atoms with Crippen LogP contribution in [0.4, 0.5) is 0 Å². The number of oxime groups is 1. The van der Waals surface area contributed by atoms with E-state index in [1.54, 1.807) is 0 Å². The Labute approximate surface area is 79.1 Å². The zero-order valence-electron chi connectivity index (χ0n) is 5.81. The van der Waals surface area contributed by atoms with Crippen LogP contribution in [0.2, 0.25) is 0 Å². The molecule has 3 heteroatoms. The molecule has 1 atom stereocenters. The van der Waals surface area contributed by atoms with Crippen LogP contribution in [0.3, 0.4) is 0 Å². The summed E-state index contributed by atoms with van der Waals surface area (Å²) in [6.07, 6.45) is 1.50. The van der Waals surface area contributed by atoms with Gasteiger partial charge in [-0.3, -0.25) is 0 Å². The van der Waals surface area contributed by atoms with Crippen molar-refractivity contribution in [3.8, 4) is 0 Å². The highest BCUT2D eigenvalue weighted by molar-refractivity contribution is 14.1. The molecule has 0 heterocycles. The number of alkyl halides is 1. The Balaban J connectivity index is 2.76. The van der Waals surface area contributed by atoms with Crippen molar-refractivity contribution >= 4 is 28.8 Å². The highest BCUT2D eigenvalue weighted by Gasteiger charge is 2.01. The van der Waals surface area contributed by atoms with Crippen molar-refractivity contribution in [2.75, 3.05) is 0 Å². The topological polar surface area (TPSA) is 32.6 Å². The molecular weight excluding hydrogens is 253 g/mol. The predicted molar refractivity (Wildman–Crippen MR) is 53.5 cm³/mol. The summed E-state index contributed by atoms with van der Waals surface area (Å²) < 4.78 is 0.152. The fourth-order valence-corrected chi connectivity index (χ4v) is 1.34. The van der Waals surface area contributed by atoms with Crippen LogP contribution in [0.5, 0.6) is 0 Å². The quantitative estimate of drug-likeness (QED) is 0.287. The van der Waals surface area contributed by atoms with Crippen molar-refractivity contribution in [3.63, 3.8) is 0 Å². The number of rotatable bonds is 2. The lowest BCUT2D eigenvalue weighted by Crippen LogP contribution is -1.89. The molecular formula is C8H8INO. The Morgan fingerprint density at radius 3 is 2.55 bits per heavy atom. The third-order valence-corrected chi connectivity index (χ3v) is 2.36. The Morgan fingerprint density at radius 1 is 1.36 bits per heavy atom. The summed E-state index contributed by atoms with van der Waals surface area (Å²) in [5.41, 5.74) is 1.14. The summed E-state index contributed by atoms with van der Waals surface area (Å²) >= 11 is 2.20. The molecule has 0 amide bonds. The van der Waals surface area contributed by atoms with E-state index < -0.39 is 0 Å². The van der Waals surface area contributed by atoms with Crippen LogP contribution < -0.4 is 0 Å². The summed E-state index contributed by atoms with van der Waals surface area (Å²) in [5, 5.41) is 11.2. The van der Waals surface area contributed by atoms with E-state index in [4.69, 9.17) is 5.21 Å². The monoisotopic (exact) mass is 261 g/mol. The smallest absolute Gasteiger partial charge is 0.0744 e. The molecule has 0 radical (unpaired) electrons. The largest absolute Gasteiger partial charge is 0.411 e. The van der Waals surface area contributed by atoms with E-state index in [0.717, 1.165) is 5.56 Å². The Kier molecular flexibility index (Phi) is 3.35. The van der Waals surface area contributed by atoms with Crippen LogP contribution in [0.15, 0.2) is 35.5 Å². The van der Waals surface area contributed by atoms with E-state index in [1.165, 1.54) is 6.21 Å². The average Bonchev–Trinajstić information content (AvgIpc) is 2.07. The highest BCUT2D eigenvalue weighted by atomic mass is 127. The second-order valence-electron chi connectivity index (χ2n) is 2.08. The van der Waals surface area contributed by atoms with E-state index in [9.17, 15) is 0 Å². The molecule has 0 fully saturated rings. The second kappa shape index (κ2) is 4.33. The van der Waals surface area contributed by atoms with E-state index in [1.807, 2.05) is 30.3 Å². The molecule has 11 heavy (non-hydrogen) atoms. The second-order valence-corrected chi connectivity index (χ2v) is 3.42. The van der Waals surface area contributed by atoms with E-state index in [0.29, 0.717) is 0 Å². The fraction of sp³-hybridized carbons (Fsp3) is 0.125. The first-order valence-electron chi connectivity index (χ1n) is 3.21. The van der Waals surface area contributed by atoms with E-state index in [-0.39, 0.29) is 3.92 Å². The molecule has 0 saturated carbocycles. The molecule has 1 aromatic rings. The zero-order valence-corrected chi connectivity index (χ0v) is 7.97. The molecule has 0 spiro atoms. The first-order valence-corrected chi connectivity index (χ1v) is 4.45. The van der Waals surface area contributed by atoms with Gasteiger partial charge in [0.2, 0.25) is 0 Å². The van der Waals surface area contributed by atoms with Crippen LogP contribution in [0, 0.1) is 0 Å². The average molecular weight is 261 g/mol. The Bertz CT molecular complexity index is 235. The molecule has 0 aliphatic rings. The maximum atomic E-state index is 8.26. The van der Waals surface area contributed by atoms with Crippen LogP contribution in [-0.2, 0) is 0 Å². The minimum Gasteiger partial charge on any atom is -0.411 e. The SMILES string of the molecule is ON=CC(I)c1ccccc1. The number of halogens is 1. The fourth-order valence-electron chi connectivity index (χ4n) is 0.781. The number of hydrogen-bond acceptors (Lipinski definition) is 2. The molecule has 0 aliphatic carbocycles. The van der Waals surface area contributed by atoms with Crippen molar-refractivity contribution in [2.24, 2.45) is 5.16 Å². The number of hydrogen-bond donors (Lipinski definition) is 1. The third kappa shape index (κ3) is 2.49. The first kappa shape index (κ1) is 8.52. The predicted octanol–water partition coefficient (Wildman–Crippen LogP) is 2.62. The molecule has 0 bridgehead atoms. The van der Waals surface area contributed by atoms with Gasteiger partial charge in [0.1, 0.15) is 0 Å². The minimum atomic E-state index is 0.152. The zero-order chi connectivity index (χ0) is 8.10. The van der Waals surface area contributed by atoms with Crippen molar-refractivity contribution in [2.45, 2.75) is 3.92 Å². The van der Waals surface area contributed by atoms with E-state index >= 15 is 0 Å². The molecule has 1 unspecified atom stereocenters. The maximum Gasteiger partial charge on any atom is 0.0744 e. The Hall–Kier alpha value is -0.580. The molecule has 1 N–H and O–H groups in total. The van der Waals surface area contributed by atoms with Crippen molar-refractivity contribution in [1.29, 1.82) is 0 Å². The molecule has 0 aromatic heterocycles. The summed E-state index contributed by atoms with van der Waals surface area (Å²) in [4.78, 5) is 0. The van der Waals surface area contributed by atoms with Gasteiger partial charge in [-0.25, -0.2) is 0 Å². The Morgan fingerprint density at radius 2 is 2.00 bits per heavy atom. The van der Waals surface area contributed by atoms with Gasteiger partial charge in [0, 0.05) is 0 Å². The van der Waals surface area contributed by atoms with Gasteiger partial charge in [-0.05, 0) is 5.56 Å². The standard InChI is InChI=1S/C8H8INO/c9-8(6-10-11)7-4-2-1-3-5-7/h1-6,8,11H. The number of nitrogens with zero attached hydrogens (tertiary/aromatic N) is 1. The summed E-state index contributed by atoms with van der Waals surface area (Å²) in [7, 11) is 0. The lowest BCUT2D eigenvalue weighted by atomic mass is 10.2. The molecule has 0 saturated heterocycles. The van der Waals surface area contributed by atoms with Gasteiger partial charge < -0.3 is 5.21 Å². The van der Waals surface area contributed by atoms with E-state index in [2.05, 4.69) is 27.7 Å². The van der Waals surface area contributed by atoms with Crippen LogP contribution in [-0.4, -0.2) is 11.4 Å². The van der Waals surface area contributed by atoms with Crippen molar-refractivity contribution < 1.29 is 5.21 Å². The highest BCUT2D eigenvalue weighted by Crippen LogP contribution is 2.19. The maximum absolute atomic E-state index is 8.26. The van der Waals surface area contributed by atoms with Crippen LogP contribution >= 0.6 is 22.6 Å². The van der Waals surface area contributed by atoms with Gasteiger partial charge in [-0.2, -0.15) is 0 Å². The van der Waals surface area contributed by atoms with Gasteiger partial charge in [-0.1, -0.05) is 52.9 Å². The van der Waals surface area contributed by atoms with Crippen molar-refractivity contribution in [3.05, 3.63) is 35.9 Å². The minimum absolute atomic E-state index is 0.152. The summed E-state index contributed by atoms with van der Waals surface area (Å²) in [6.45, 7) is 0. The van der Waals surface area contributed by atoms with Gasteiger partial charge in [0.05, 0.1) is 10.1 Å². The van der Waals surface area contributed by atoms with Gasteiger partial charge in [0.15, 0.2) is 0 Å². The van der Waals surface area contributed by atoms with Gasteiger partial charge in [0.25, 0.3) is 0 Å². The van der Waals surface area contributed by atoms with Gasteiger partial charge >= 0.3 is 0 Å². The van der Waals surface area contributed by atoms with Crippen LogP contribution in [0.25, 0.3) is 0 Å². The molecule has 1 rings (SSSR count). The lowest BCUT2D eigenvalue weighted by molar-refractivity contribution is 0.321. The third-order valence-electron chi connectivity index (χ3n) is 1.32. The molecule has 1 aromatic carbocycles. The molecule has 58 valence electrons. The van der Waals surface area contributed by atoms with Gasteiger partial charge in [-0.15, -0.1) is 5.16 Å². The first-order chi connectivity index (χ1) is 5.34. The normalized spacial score (nSPS) is 13.5. The van der Waals surface area contributed by atoms with Crippen LogP contribution in [0.1, 0.15) is 9.49 Å². The summed E-state index contributed by atoms with van der Waals surface area (Å²) in [6, 6.07) is 9.89. The molecule has 0 aliphatic heterocycles. The number of benzene rings is 1. The lowest BCUT2D eigenvalue weighted by Gasteiger charge is -2.00. The molecule has 2 nitrogen and oxygen atoms in total.